The Kier molecular flexibility index (Phi) is 4.38. The van der Waals surface area contributed by atoms with Gasteiger partial charge in [0, 0.05) is 31.9 Å². The third kappa shape index (κ3) is 3.36. The maximum atomic E-state index is 12.8. The van der Waals surface area contributed by atoms with Crippen molar-refractivity contribution >= 4 is 11.9 Å². The number of fused-ring (bicyclic) bond motifs is 1. The number of anilines is 1. The molecule has 2 aromatic rings. The Bertz CT molecular complexity index is 783. The van der Waals surface area contributed by atoms with Crippen LogP contribution in [-0.2, 0) is 13.0 Å². The summed E-state index contributed by atoms with van der Waals surface area (Å²) in [4.78, 5) is 26.1. The maximum absolute atomic E-state index is 12.8. The molecule has 1 aromatic heterocycles. The van der Waals surface area contributed by atoms with E-state index in [-0.39, 0.29) is 5.91 Å². The summed E-state index contributed by atoms with van der Waals surface area (Å²) in [6.45, 7) is 5.31. The summed E-state index contributed by atoms with van der Waals surface area (Å²) >= 11 is 0. The molecule has 0 unspecified atom stereocenters. The topological polar surface area (TPSA) is 49.3 Å². The normalized spacial score (nSPS) is 17.3. The highest BCUT2D eigenvalue weighted by Crippen LogP contribution is 2.23. The summed E-state index contributed by atoms with van der Waals surface area (Å²) in [5, 5.41) is 0. The van der Waals surface area contributed by atoms with Gasteiger partial charge in [-0.15, -0.1) is 0 Å². The summed E-state index contributed by atoms with van der Waals surface area (Å²) in [7, 11) is 0. The van der Waals surface area contributed by atoms with Gasteiger partial charge < -0.3 is 9.80 Å². The number of aryl methyl sites for hydroxylation is 1. The van der Waals surface area contributed by atoms with Crippen molar-refractivity contribution in [2.24, 2.45) is 0 Å². The zero-order chi connectivity index (χ0) is 17.2. The van der Waals surface area contributed by atoms with Gasteiger partial charge in [-0.05, 0) is 49.8 Å². The molecule has 5 heteroatoms. The minimum absolute atomic E-state index is 0.0452. The number of hydrogen-bond acceptors (Lipinski definition) is 4. The van der Waals surface area contributed by atoms with Crippen molar-refractivity contribution in [3.8, 4) is 0 Å². The van der Waals surface area contributed by atoms with Crippen molar-refractivity contribution < 1.29 is 4.79 Å². The molecule has 0 bridgehead atoms. The number of amides is 1. The van der Waals surface area contributed by atoms with E-state index in [1.807, 2.05) is 17.9 Å². The van der Waals surface area contributed by atoms with Crippen LogP contribution >= 0.6 is 0 Å². The predicted molar refractivity (Wildman–Crippen MR) is 97.7 cm³/mol. The van der Waals surface area contributed by atoms with Crippen molar-refractivity contribution in [2.45, 2.75) is 39.2 Å². The van der Waals surface area contributed by atoms with Gasteiger partial charge in [0.05, 0.1) is 0 Å². The smallest absolute Gasteiger partial charge is 0.272 e. The molecule has 0 aliphatic carbocycles. The van der Waals surface area contributed by atoms with Crippen LogP contribution in [0.1, 0.15) is 46.6 Å². The summed E-state index contributed by atoms with van der Waals surface area (Å²) in [5.41, 5.74) is 4.10. The number of likely N-dealkylation sites (tertiary alicyclic amines) is 1. The number of benzene rings is 1. The van der Waals surface area contributed by atoms with Crippen LogP contribution in [0.15, 0.2) is 30.3 Å². The van der Waals surface area contributed by atoms with E-state index in [2.05, 4.69) is 39.1 Å². The molecule has 0 spiro atoms. The molecule has 2 aliphatic rings. The van der Waals surface area contributed by atoms with Crippen molar-refractivity contribution in [3.63, 3.8) is 0 Å². The molecule has 0 N–H and O–H groups in total. The first-order valence-corrected chi connectivity index (χ1v) is 9.17. The van der Waals surface area contributed by atoms with Crippen LogP contribution in [0.5, 0.6) is 0 Å². The van der Waals surface area contributed by atoms with Gasteiger partial charge >= 0.3 is 0 Å². The molecule has 0 saturated carbocycles. The molecule has 1 saturated heterocycles. The Balaban J connectivity index is 1.59. The number of nitrogens with zero attached hydrogens (tertiary/aromatic N) is 4. The Morgan fingerprint density at radius 3 is 2.56 bits per heavy atom. The van der Waals surface area contributed by atoms with E-state index in [1.165, 1.54) is 17.5 Å². The number of hydrogen-bond donors (Lipinski definition) is 0. The molecule has 1 fully saturated rings. The zero-order valence-electron chi connectivity index (χ0n) is 14.7. The van der Waals surface area contributed by atoms with Crippen molar-refractivity contribution in [1.29, 1.82) is 0 Å². The first kappa shape index (κ1) is 16.1. The standard InChI is InChI=1S/C20H24N4O/c1-15-13-18(19(25)23-10-5-2-6-11-23)22-20(21-15)24-12-9-16-7-3-4-8-17(16)14-24/h3-4,7-8,13H,2,5-6,9-12,14H2,1H3. The van der Waals surface area contributed by atoms with E-state index in [0.717, 1.165) is 51.1 Å². The number of aromatic nitrogens is 2. The second kappa shape index (κ2) is 6.82. The fraction of sp³-hybridized carbons (Fsp3) is 0.450. The Labute approximate surface area is 148 Å². The summed E-state index contributed by atoms with van der Waals surface area (Å²) < 4.78 is 0. The lowest BCUT2D eigenvalue weighted by molar-refractivity contribution is 0.0718. The number of carbonyl (C=O) groups is 1. The molecule has 130 valence electrons. The van der Waals surface area contributed by atoms with Crippen LogP contribution < -0.4 is 4.90 Å². The number of piperidine rings is 1. The molecule has 0 radical (unpaired) electrons. The molecule has 4 rings (SSSR count). The molecule has 25 heavy (non-hydrogen) atoms. The average molecular weight is 336 g/mol. The lowest BCUT2D eigenvalue weighted by atomic mass is 10.0. The molecule has 5 nitrogen and oxygen atoms in total. The van der Waals surface area contributed by atoms with Gasteiger partial charge in [0.2, 0.25) is 5.95 Å². The summed E-state index contributed by atoms with van der Waals surface area (Å²) in [6.07, 6.45) is 4.38. The molecular weight excluding hydrogens is 312 g/mol. The SMILES string of the molecule is Cc1cc(C(=O)N2CCCCC2)nc(N2CCc3ccccc3C2)n1. The highest BCUT2D eigenvalue weighted by molar-refractivity contribution is 5.92. The van der Waals surface area contributed by atoms with Crippen molar-refractivity contribution in [1.82, 2.24) is 14.9 Å². The van der Waals surface area contributed by atoms with E-state index in [9.17, 15) is 4.79 Å². The third-order valence-electron chi connectivity index (χ3n) is 5.12. The second-order valence-electron chi connectivity index (χ2n) is 6.99. The first-order chi connectivity index (χ1) is 12.2. The van der Waals surface area contributed by atoms with Gasteiger partial charge in [-0.1, -0.05) is 24.3 Å². The lowest BCUT2D eigenvalue weighted by Crippen LogP contribution is -2.37. The number of rotatable bonds is 2. The van der Waals surface area contributed by atoms with Crippen LogP contribution in [0.3, 0.4) is 0 Å². The van der Waals surface area contributed by atoms with Gasteiger partial charge in [0.25, 0.3) is 5.91 Å². The fourth-order valence-corrected chi connectivity index (χ4v) is 3.73. The fourth-order valence-electron chi connectivity index (χ4n) is 3.73. The van der Waals surface area contributed by atoms with Crippen LogP contribution in [0, 0.1) is 6.92 Å². The minimum Gasteiger partial charge on any atom is -0.337 e. The monoisotopic (exact) mass is 336 g/mol. The van der Waals surface area contributed by atoms with Crippen LogP contribution in [0.25, 0.3) is 0 Å². The highest BCUT2D eigenvalue weighted by atomic mass is 16.2. The summed E-state index contributed by atoms with van der Waals surface area (Å²) in [6, 6.07) is 10.3. The lowest BCUT2D eigenvalue weighted by Gasteiger charge is -2.30. The molecule has 0 atom stereocenters. The van der Waals surface area contributed by atoms with Gasteiger partial charge in [-0.25, -0.2) is 9.97 Å². The van der Waals surface area contributed by atoms with Crippen LogP contribution in [0.2, 0.25) is 0 Å². The average Bonchev–Trinajstić information content (AvgIpc) is 2.67. The Hall–Kier alpha value is -2.43. The van der Waals surface area contributed by atoms with Gasteiger partial charge in [-0.2, -0.15) is 0 Å². The zero-order valence-corrected chi connectivity index (χ0v) is 14.7. The predicted octanol–water partition coefficient (Wildman–Crippen LogP) is 2.97. The quantitative estimate of drug-likeness (QED) is 0.846. The third-order valence-corrected chi connectivity index (χ3v) is 5.12. The van der Waals surface area contributed by atoms with Crippen molar-refractivity contribution in [2.75, 3.05) is 24.5 Å². The van der Waals surface area contributed by atoms with E-state index >= 15 is 0 Å². The van der Waals surface area contributed by atoms with Gasteiger partial charge in [-0.3, -0.25) is 4.79 Å². The van der Waals surface area contributed by atoms with E-state index in [4.69, 9.17) is 0 Å². The van der Waals surface area contributed by atoms with Gasteiger partial charge in [0.15, 0.2) is 0 Å². The van der Waals surface area contributed by atoms with E-state index in [0.29, 0.717) is 11.6 Å². The molecular formula is C20H24N4O. The minimum atomic E-state index is 0.0452. The maximum Gasteiger partial charge on any atom is 0.272 e. The molecule has 2 aliphatic heterocycles. The van der Waals surface area contributed by atoms with Crippen LogP contribution in [0.4, 0.5) is 5.95 Å². The Morgan fingerprint density at radius 2 is 1.76 bits per heavy atom. The highest BCUT2D eigenvalue weighted by Gasteiger charge is 2.23. The molecule has 1 amide bonds. The first-order valence-electron chi connectivity index (χ1n) is 9.17. The molecule has 3 heterocycles. The van der Waals surface area contributed by atoms with Gasteiger partial charge in [0.1, 0.15) is 5.69 Å². The van der Waals surface area contributed by atoms with E-state index < -0.39 is 0 Å². The second-order valence-corrected chi connectivity index (χ2v) is 6.99. The largest absolute Gasteiger partial charge is 0.337 e. The Morgan fingerprint density at radius 1 is 1.00 bits per heavy atom. The number of carbonyl (C=O) groups excluding carboxylic acids is 1. The van der Waals surface area contributed by atoms with E-state index in [1.54, 1.807) is 0 Å². The van der Waals surface area contributed by atoms with Crippen LogP contribution in [-0.4, -0.2) is 40.4 Å². The van der Waals surface area contributed by atoms with Crippen molar-refractivity contribution in [3.05, 3.63) is 52.8 Å². The molecule has 1 aromatic carbocycles. The summed E-state index contributed by atoms with van der Waals surface area (Å²) in [5.74, 6) is 0.721.